The first kappa shape index (κ1) is 31.4. The van der Waals surface area contributed by atoms with Gasteiger partial charge in [-0.15, -0.1) is 0 Å². The van der Waals surface area contributed by atoms with E-state index in [0.29, 0.717) is 11.8 Å². The van der Waals surface area contributed by atoms with Crippen molar-refractivity contribution in [2.24, 2.45) is 11.8 Å². The van der Waals surface area contributed by atoms with Gasteiger partial charge >= 0.3 is 0 Å². The summed E-state index contributed by atoms with van der Waals surface area (Å²) in [5.41, 5.74) is 1.28. The molecule has 2 fully saturated rings. The van der Waals surface area contributed by atoms with Gasteiger partial charge in [0.05, 0.1) is 18.5 Å². The monoisotopic (exact) mass is 543 g/mol. The van der Waals surface area contributed by atoms with Crippen LogP contribution in [0.25, 0.3) is 0 Å². The number of rotatable bonds is 13. The first-order valence-electron chi connectivity index (χ1n) is 15.5. The lowest BCUT2D eigenvalue weighted by Gasteiger charge is -2.40. The summed E-state index contributed by atoms with van der Waals surface area (Å²) in [5.74, 6) is 0.862. The number of hydrogen-bond donors (Lipinski definition) is 2. The highest BCUT2D eigenvalue weighted by Crippen LogP contribution is 2.38. The predicted molar refractivity (Wildman–Crippen MR) is 163 cm³/mol. The average Bonchev–Trinajstić information content (AvgIpc) is 2.90. The molecule has 38 heavy (non-hydrogen) atoms. The van der Waals surface area contributed by atoms with Crippen LogP contribution in [0.1, 0.15) is 104 Å². The number of ether oxygens (including phenoxy) is 1. The first-order chi connectivity index (χ1) is 18.1. The fourth-order valence-electron chi connectivity index (χ4n) is 6.03. The highest BCUT2D eigenvalue weighted by Gasteiger charge is 2.40. The SMILES string of the molecule is C[C@H](O[Si](C)(C)C(C)(C)C)C(C/C=C/O[C@H](C1CCCCC1)[C@H](O)C1CCCCC1)NCc1ccccc1. The summed E-state index contributed by atoms with van der Waals surface area (Å²) < 4.78 is 13.3. The zero-order valence-corrected chi connectivity index (χ0v) is 26.3. The summed E-state index contributed by atoms with van der Waals surface area (Å²) in [6.45, 7) is 14.6. The highest BCUT2D eigenvalue weighted by atomic mass is 28.4. The third-order valence-corrected chi connectivity index (χ3v) is 14.1. The van der Waals surface area contributed by atoms with Gasteiger partial charge in [-0.1, -0.05) is 89.6 Å². The summed E-state index contributed by atoms with van der Waals surface area (Å²) in [5, 5.41) is 15.4. The zero-order valence-electron chi connectivity index (χ0n) is 25.3. The predicted octanol–water partition coefficient (Wildman–Crippen LogP) is 8.37. The Labute approximate surface area is 235 Å². The van der Waals surface area contributed by atoms with E-state index in [4.69, 9.17) is 9.16 Å². The van der Waals surface area contributed by atoms with Crippen LogP contribution in [0.2, 0.25) is 18.1 Å². The molecule has 2 aliphatic carbocycles. The van der Waals surface area contributed by atoms with Crippen LogP contribution in [-0.4, -0.2) is 37.8 Å². The molecule has 0 spiro atoms. The molecule has 3 rings (SSSR count). The van der Waals surface area contributed by atoms with E-state index in [1.165, 1.54) is 56.9 Å². The van der Waals surface area contributed by atoms with Gasteiger partial charge < -0.3 is 19.6 Å². The van der Waals surface area contributed by atoms with E-state index in [2.05, 4.69) is 82.5 Å². The molecule has 2 saturated carbocycles. The van der Waals surface area contributed by atoms with E-state index in [-0.39, 0.29) is 29.4 Å². The standard InChI is InChI=1S/C33H57NO3Si/c1-26(37-38(5,6)33(2,3)4)30(34-25-27-17-10-7-11-18-27)23-16-24-36-32(29-21-14-9-15-22-29)31(35)28-19-12-8-13-20-28/h7,10-11,16-18,24,26,28-32,34-35H,8-9,12-15,19-23,25H2,1-6H3/b24-16+/t26-,30?,31+,32+/m0/s1. The van der Waals surface area contributed by atoms with Gasteiger partial charge in [0, 0.05) is 12.6 Å². The van der Waals surface area contributed by atoms with Crippen LogP contribution in [0.4, 0.5) is 0 Å². The van der Waals surface area contributed by atoms with Gasteiger partial charge in [-0.2, -0.15) is 0 Å². The summed E-state index contributed by atoms with van der Waals surface area (Å²) >= 11 is 0. The van der Waals surface area contributed by atoms with Crippen molar-refractivity contribution in [3.8, 4) is 0 Å². The minimum absolute atomic E-state index is 0.0775. The lowest BCUT2D eigenvalue weighted by atomic mass is 9.76. The molecule has 1 aromatic rings. The van der Waals surface area contributed by atoms with E-state index >= 15 is 0 Å². The van der Waals surface area contributed by atoms with Crippen LogP contribution >= 0.6 is 0 Å². The van der Waals surface area contributed by atoms with E-state index < -0.39 is 8.32 Å². The molecule has 0 heterocycles. The van der Waals surface area contributed by atoms with Crippen LogP contribution in [0, 0.1) is 11.8 Å². The van der Waals surface area contributed by atoms with Gasteiger partial charge in [-0.05, 0) is 80.6 Å². The Hall–Kier alpha value is -1.14. The molecule has 0 aliphatic heterocycles. The topological polar surface area (TPSA) is 50.7 Å². The highest BCUT2D eigenvalue weighted by molar-refractivity contribution is 6.74. The molecule has 0 amide bonds. The first-order valence-corrected chi connectivity index (χ1v) is 18.4. The normalized spacial score (nSPS) is 21.8. The molecule has 216 valence electrons. The van der Waals surface area contributed by atoms with Crippen molar-refractivity contribution in [3.63, 3.8) is 0 Å². The Morgan fingerprint density at radius 3 is 2.11 bits per heavy atom. The molecule has 0 bridgehead atoms. The van der Waals surface area contributed by atoms with Crippen LogP contribution in [0.5, 0.6) is 0 Å². The van der Waals surface area contributed by atoms with E-state index in [1.807, 2.05) is 6.26 Å². The molecule has 4 nitrogen and oxygen atoms in total. The van der Waals surface area contributed by atoms with Gasteiger partial charge in [0.1, 0.15) is 6.10 Å². The van der Waals surface area contributed by atoms with Gasteiger partial charge in [0.15, 0.2) is 8.32 Å². The molecule has 1 unspecified atom stereocenters. The van der Waals surface area contributed by atoms with E-state index in [1.54, 1.807) is 0 Å². The van der Waals surface area contributed by atoms with Crippen molar-refractivity contribution in [3.05, 3.63) is 48.2 Å². The summed E-state index contributed by atoms with van der Waals surface area (Å²) in [6, 6.07) is 10.8. The number of aliphatic hydroxyl groups is 1. The van der Waals surface area contributed by atoms with Crippen LogP contribution in [0.15, 0.2) is 42.7 Å². The molecule has 0 radical (unpaired) electrons. The van der Waals surface area contributed by atoms with Crippen molar-refractivity contribution in [2.45, 2.75) is 147 Å². The third kappa shape index (κ3) is 9.50. The van der Waals surface area contributed by atoms with Crippen molar-refractivity contribution in [1.82, 2.24) is 5.32 Å². The molecule has 4 atom stereocenters. The van der Waals surface area contributed by atoms with Crippen molar-refractivity contribution < 1.29 is 14.3 Å². The van der Waals surface area contributed by atoms with Gasteiger partial charge in [-0.3, -0.25) is 0 Å². The maximum Gasteiger partial charge on any atom is 0.192 e. The smallest absolute Gasteiger partial charge is 0.192 e. The lowest BCUT2D eigenvalue weighted by molar-refractivity contribution is -0.0690. The quantitative estimate of drug-likeness (QED) is 0.194. The molecule has 0 aromatic heterocycles. The third-order valence-electron chi connectivity index (χ3n) is 9.57. The van der Waals surface area contributed by atoms with Gasteiger partial charge in [0.2, 0.25) is 0 Å². The number of benzene rings is 1. The second-order valence-electron chi connectivity index (χ2n) is 13.6. The molecule has 2 N–H and O–H groups in total. The minimum Gasteiger partial charge on any atom is -0.495 e. The van der Waals surface area contributed by atoms with Crippen LogP contribution < -0.4 is 5.32 Å². The van der Waals surface area contributed by atoms with Crippen LogP contribution in [-0.2, 0) is 15.7 Å². The maximum atomic E-state index is 11.4. The molecular weight excluding hydrogens is 486 g/mol. The van der Waals surface area contributed by atoms with Gasteiger partial charge in [0.25, 0.3) is 0 Å². The second-order valence-corrected chi connectivity index (χ2v) is 18.3. The zero-order chi connectivity index (χ0) is 27.6. The minimum atomic E-state index is -1.89. The number of aliphatic hydroxyl groups excluding tert-OH is 1. The maximum absolute atomic E-state index is 11.4. The summed E-state index contributed by atoms with van der Waals surface area (Å²) in [7, 11) is -1.89. The fraction of sp³-hybridized carbons (Fsp3) is 0.758. The Balaban J connectivity index is 1.66. The van der Waals surface area contributed by atoms with Crippen LogP contribution in [0.3, 0.4) is 0 Å². The van der Waals surface area contributed by atoms with Crippen molar-refractivity contribution >= 4 is 8.32 Å². The Morgan fingerprint density at radius 2 is 1.53 bits per heavy atom. The largest absolute Gasteiger partial charge is 0.495 e. The summed E-state index contributed by atoms with van der Waals surface area (Å²) in [6.07, 6.45) is 16.9. The fourth-order valence-corrected chi connectivity index (χ4v) is 7.48. The average molecular weight is 544 g/mol. The molecule has 0 saturated heterocycles. The number of nitrogens with one attached hydrogen (secondary N) is 1. The Kier molecular flexibility index (Phi) is 12.4. The molecular formula is C33H57NO3Si. The lowest BCUT2D eigenvalue weighted by Crippen LogP contribution is -2.49. The summed E-state index contributed by atoms with van der Waals surface area (Å²) in [4.78, 5) is 0. The van der Waals surface area contributed by atoms with Gasteiger partial charge in [-0.25, -0.2) is 0 Å². The number of hydrogen-bond acceptors (Lipinski definition) is 4. The van der Waals surface area contributed by atoms with E-state index in [0.717, 1.165) is 25.8 Å². The Morgan fingerprint density at radius 1 is 0.947 bits per heavy atom. The van der Waals surface area contributed by atoms with Crippen molar-refractivity contribution in [1.29, 1.82) is 0 Å². The Bertz CT molecular complexity index is 809. The molecule has 2 aliphatic rings. The molecule has 1 aromatic carbocycles. The second kappa shape index (κ2) is 15.0. The van der Waals surface area contributed by atoms with E-state index in [9.17, 15) is 5.11 Å². The van der Waals surface area contributed by atoms with Crippen molar-refractivity contribution in [2.75, 3.05) is 0 Å². The molecule has 5 heteroatoms.